The van der Waals surface area contributed by atoms with Crippen LogP contribution in [0.4, 0.5) is 0 Å². The van der Waals surface area contributed by atoms with Crippen LogP contribution >= 0.6 is 0 Å². The number of aromatic nitrogens is 2. The lowest BCUT2D eigenvalue weighted by atomic mass is 10.0. The number of carbonyl (C=O) groups is 5. The average molecular weight is 469 g/mol. The van der Waals surface area contributed by atoms with Crippen LogP contribution in [0.2, 0.25) is 0 Å². The van der Waals surface area contributed by atoms with Crippen molar-refractivity contribution in [2.75, 3.05) is 0 Å². The molecular formula is C20H32N6O7. The highest BCUT2D eigenvalue weighted by molar-refractivity contribution is 5.94. The lowest BCUT2D eigenvalue weighted by Crippen LogP contribution is -2.57. The fraction of sp³-hybridized carbons (Fsp3) is 0.600. The third-order valence-corrected chi connectivity index (χ3v) is 4.63. The second-order valence-corrected chi connectivity index (χ2v) is 8.15. The molecule has 3 amide bonds. The fourth-order valence-corrected chi connectivity index (χ4v) is 2.90. The molecule has 33 heavy (non-hydrogen) atoms. The molecule has 0 saturated heterocycles. The predicted octanol–water partition coefficient (Wildman–Crippen LogP) is -1.25. The van der Waals surface area contributed by atoms with E-state index in [9.17, 15) is 29.1 Å². The van der Waals surface area contributed by atoms with Crippen LogP contribution < -0.4 is 21.7 Å². The first-order valence-electron chi connectivity index (χ1n) is 10.5. The molecule has 1 aromatic heterocycles. The summed E-state index contributed by atoms with van der Waals surface area (Å²) in [6.45, 7) is 5.01. The van der Waals surface area contributed by atoms with Crippen molar-refractivity contribution in [2.45, 2.75) is 70.6 Å². The highest BCUT2D eigenvalue weighted by Gasteiger charge is 2.31. The van der Waals surface area contributed by atoms with Crippen LogP contribution in [-0.4, -0.2) is 74.0 Å². The lowest BCUT2D eigenvalue weighted by molar-refractivity contribution is -0.142. The molecule has 1 heterocycles. The number of amides is 3. The molecule has 0 bridgehead atoms. The van der Waals surface area contributed by atoms with E-state index in [2.05, 4.69) is 25.9 Å². The zero-order valence-electron chi connectivity index (χ0n) is 18.8. The van der Waals surface area contributed by atoms with E-state index >= 15 is 0 Å². The van der Waals surface area contributed by atoms with Gasteiger partial charge in [-0.05, 0) is 25.7 Å². The van der Waals surface area contributed by atoms with Gasteiger partial charge in [0.1, 0.15) is 18.1 Å². The van der Waals surface area contributed by atoms with Crippen molar-refractivity contribution < 1.29 is 34.2 Å². The van der Waals surface area contributed by atoms with Crippen molar-refractivity contribution in [3.63, 3.8) is 0 Å². The highest BCUT2D eigenvalue weighted by Crippen LogP contribution is 2.08. The quantitative estimate of drug-likeness (QED) is 0.173. The normalized spacial score (nSPS) is 14.6. The van der Waals surface area contributed by atoms with Crippen molar-refractivity contribution in [1.29, 1.82) is 0 Å². The zero-order valence-corrected chi connectivity index (χ0v) is 18.8. The van der Waals surface area contributed by atoms with Crippen molar-refractivity contribution in [3.05, 3.63) is 18.2 Å². The maximum Gasteiger partial charge on any atom is 0.326 e. The van der Waals surface area contributed by atoms with Crippen molar-refractivity contribution in [3.8, 4) is 0 Å². The van der Waals surface area contributed by atoms with Gasteiger partial charge >= 0.3 is 11.9 Å². The summed E-state index contributed by atoms with van der Waals surface area (Å²) in [5, 5.41) is 25.7. The fourth-order valence-electron chi connectivity index (χ4n) is 2.90. The summed E-state index contributed by atoms with van der Waals surface area (Å²) in [6.07, 6.45) is 2.31. The minimum Gasteiger partial charge on any atom is -0.481 e. The standard InChI is InChI=1S/C20H32N6O7/c1-10(2)6-15(20(32)33)26-19(31)14(7-12-8-22-9-23-12)25-18(30)13(4-5-16(27)28)24-17(29)11(3)21/h8-11,13-15H,4-7,21H2,1-3H3,(H,22,23)(H,24,29)(H,25,30)(H,26,31)(H,27,28)(H,32,33). The molecule has 0 saturated carbocycles. The Morgan fingerprint density at radius 2 is 1.55 bits per heavy atom. The maximum absolute atomic E-state index is 12.9. The molecule has 4 atom stereocenters. The monoisotopic (exact) mass is 468 g/mol. The van der Waals surface area contributed by atoms with Gasteiger partial charge in [0.15, 0.2) is 0 Å². The Morgan fingerprint density at radius 3 is 2.03 bits per heavy atom. The lowest BCUT2D eigenvalue weighted by Gasteiger charge is -2.25. The van der Waals surface area contributed by atoms with E-state index in [1.54, 1.807) is 13.8 Å². The predicted molar refractivity (Wildman–Crippen MR) is 116 cm³/mol. The molecule has 8 N–H and O–H groups in total. The van der Waals surface area contributed by atoms with E-state index in [0.29, 0.717) is 5.69 Å². The van der Waals surface area contributed by atoms with Crippen LogP contribution in [0.3, 0.4) is 0 Å². The first-order valence-corrected chi connectivity index (χ1v) is 10.5. The number of carboxylic acid groups (broad SMARTS) is 2. The molecule has 13 heteroatoms. The van der Waals surface area contributed by atoms with Gasteiger partial charge in [-0.15, -0.1) is 0 Å². The topological polar surface area (TPSA) is 217 Å². The van der Waals surface area contributed by atoms with E-state index in [1.165, 1.54) is 19.4 Å². The minimum absolute atomic E-state index is 0.0130. The summed E-state index contributed by atoms with van der Waals surface area (Å²) < 4.78 is 0. The number of aromatic amines is 1. The number of carbonyl (C=O) groups excluding carboxylic acids is 3. The molecule has 0 fully saturated rings. The van der Waals surface area contributed by atoms with E-state index in [-0.39, 0.29) is 25.2 Å². The van der Waals surface area contributed by atoms with Crippen molar-refractivity contribution >= 4 is 29.7 Å². The first-order chi connectivity index (χ1) is 15.4. The Hall–Kier alpha value is -3.48. The summed E-state index contributed by atoms with van der Waals surface area (Å²) in [4.78, 5) is 66.9. The number of H-pyrrole nitrogens is 1. The Labute approximate surface area is 190 Å². The molecule has 13 nitrogen and oxygen atoms in total. The number of rotatable bonds is 14. The van der Waals surface area contributed by atoms with Gasteiger partial charge in [-0.25, -0.2) is 9.78 Å². The summed E-state index contributed by atoms with van der Waals surface area (Å²) in [7, 11) is 0. The Balaban J connectivity index is 3.06. The van der Waals surface area contributed by atoms with Gasteiger partial charge in [0, 0.05) is 24.7 Å². The summed E-state index contributed by atoms with van der Waals surface area (Å²) in [5.41, 5.74) is 6.01. The second-order valence-electron chi connectivity index (χ2n) is 8.15. The molecular weight excluding hydrogens is 436 g/mol. The van der Waals surface area contributed by atoms with Crippen LogP contribution in [0.15, 0.2) is 12.5 Å². The zero-order chi connectivity index (χ0) is 25.1. The Bertz CT molecular complexity index is 825. The maximum atomic E-state index is 12.9. The molecule has 1 rings (SSSR count). The highest BCUT2D eigenvalue weighted by atomic mass is 16.4. The van der Waals surface area contributed by atoms with Crippen LogP contribution in [-0.2, 0) is 30.4 Å². The van der Waals surface area contributed by atoms with Gasteiger partial charge in [0.25, 0.3) is 0 Å². The molecule has 1 aromatic rings. The van der Waals surface area contributed by atoms with Gasteiger partial charge in [-0.2, -0.15) is 0 Å². The Morgan fingerprint density at radius 1 is 0.970 bits per heavy atom. The number of carboxylic acids is 2. The molecule has 0 aromatic carbocycles. The molecule has 0 aliphatic heterocycles. The minimum atomic E-state index is -1.26. The summed E-state index contributed by atoms with van der Waals surface area (Å²) in [5.74, 6) is -4.62. The number of aliphatic carboxylic acids is 2. The van der Waals surface area contributed by atoms with E-state index < -0.39 is 60.2 Å². The molecule has 4 unspecified atom stereocenters. The van der Waals surface area contributed by atoms with Crippen LogP contribution in [0.1, 0.15) is 45.7 Å². The molecule has 0 aliphatic carbocycles. The van der Waals surface area contributed by atoms with Crippen LogP contribution in [0.5, 0.6) is 0 Å². The number of imidazole rings is 1. The van der Waals surface area contributed by atoms with Gasteiger partial charge < -0.3 is 36.9 Å². The Kier molecular flexibility index (Phi) is 11.0. The average Bonchev–Trinajstić information content (AvgIpc) is 3.22. The second kappa shape index (κ2) is 13.2. The number of hydrogen-bond acceptors (Lipinski definition) is 7. The van der Waals surface area contributed by atoms with Gasteiger partial charge in [-0.1, -0.05) is 13.8 Å². The first kappa shape index (κ1) is 27.6. The van der Waals surface area contributed by atoms with Crippen molar-refractivity contribution in [1.82, 2.24) is 25.9 Å². The van der Waals surface area contributed by atoms with Crippen LogP contribution in [0, 0.1) is 5.92 Å². The smallest absolute Gasteiger partial charge is 0.326 e. The van der Waals surface area contributed by atoms with Crippen LogP contribution in [0.25, 0.3) is 0 Å². The number of nitrogens with one attached hydrogen (secondary N) is 4. The van der Waals surface area contributed by atoms with Gasteiger partial charge in [-0.3, -0.25) is 19.2 Å². The molecule has 0 aliphatic rings. The third-order valence-electron chi connectivity index (χ3n) is 4.63. The summed E-state index contributed by atoms with van der Waals surface area (Å²) >= 11 is 0. The third kappa shape index (κ3) is 10.1. The van der Waals surface area contributed by atoms with Crippen molar-refractivity contribution in [2.24, 2.45) is 11.7 Å². The van der Waals surface area contributed by atoms with Gasteiger partial charge in [0.05, 0.1) is 12.4 Å². The van der Waals surface area contributed by atoms with E-state index in [1.807, 2.05) is 0 Å². The SMILES string of the molecule is CC(C)CC(NC(=O)C(Cc1cnc[nH]1)NC(=O)C(CCC(=O)O)NC(=O)C(C)N)C(=O)O. The number of nitrogens with two attached hydrogens (primary N) is 1. The number of nitrogens with zero attached hydrogens (tertiary/aromatic N) is 1. The van der Waals surface area contributed by atoms with E-state index in [4.69, 9.17) is 10.8 Å². The van der Waals surface area contributed by atoms with E-state index in [0.717, 1.165) is 0 Å². The van der Waals surface area contributed by atoms with Gasteiger partial charge in [0.2, 0.25) is 17.7 Å². The summed E-state index contributed by atoms with van der Waals surface area (Å²) in [6, 6.07) is -4.59. The molecule has 184 valence electrons. The molecule has 0 spiro atoms. The molecule has 0 radical (unpaired) electrons. The number of hydrogen-bond donors (Lipinski definition) is 7. The largest absolute Gasteiger partial charge is 0.481 e.